The second-order valence-corrected chi connectivity index (χ2v) is 7.01. The molecule has 7 heteroatoms. The van der Waals surface area contributed by atoms with Crippen molar-refractivity contribution in [3.8, 4) is 0 Å². The molecule has 0 aliphatic rings. The minimum absolute atomic E-state index is 0.417. The van der Waals surface area contributed by atoms with E-state index >= 15 is 0 Å². The lowest BCUT2D eigenvalue weighted by molar-refractivity contribution is 0.133. The fourth-order valence-electron chi connectivity index (χ4n) is 1.54. The van der Waals surface area contributed by atoms with Crippen molar-refractivity contribution in [2.45, 2.75) is 46.1 Å². The Morgan fingerprint density at radius 2 is 1.85 bits per heavy atom. The van der Waals surface area contributed by atoms with Crippen molar-refractivity contribution in [2.24, 2.45) is 0 Å². The van der Waals surface area contributed by atoms with Gasteiger partial charge in [-0.15, -0.1) is 0 Å². The third kappa shape index (κ3) is 10.6. The van der Waals surface area contributed by atoms with Crippen LogP contribution in [0.15, 0.2) is 0 Å². The van der Waals surface area contributed by atoms with E-state index in [4.69, 9.17) is 4.74 Å². The van der Waals surface area contributed by atoms with Crippen molar-refractivity contribution in [1.29, 1.82) is 0 Å². The molecule has 0 unspecified atom stereocenters. The topological polar surface area (TPSA) is 70.7 Å². The van der Waals surface area contributed by atoms with E-state index in [-0.39, 0.29) is 0 Å². The van der Waals surface area contributed by atoms with Gasteiger partial charge in [-0.05, 0) is 25.8 Å². The normalized spacial score (nSPS) is 12.5. The molecular formula is C13H31N3O3S. The van der Waals surface area contributed by atoms with Crippen molar-refractivity contribution < 1.29 is 13.2 Å². The lowest BCUT2D eigenvalue weighted by atomic mass is 10.3. The predicted molar refractivity (Wildman–Crippen MR) is 83.0 cm³/mol. The summed E-state index contributed by atoms with van der Waals surface area (Å²) >= 11 is 0. The van der Waals surface area contributed by atoms with Crippen LogP contribution < -0.4 is 10.0 Å². The molecule has 0 bridgehead atoms. The van der Waals surface area contributed by atoms with Crippen LogP contribution in [0.4, 0.5) is 0 Å². The molecule has 122 valence electrons. The molecule has 0 saturated heterocycles. The van der Waals surface area contributed by atoms with E-state index in [1.54, 1.807) is 7.05 Å². The largest absolute Gasteiger partial charge is 0.381 e. The Labute approximate surface area is 124 Å². The van der Waals surface area contributed by atoms with Crippen molar-refractivity contribution in [2.75, 3.05) is 39.9 Å². The van der Waals surface area contributed by atoms with Crippen LogP contribution in [0, 0.1) is 0 Å². The Kier molecular flexibility index (Phi) is 11.3. The summed E-state index contributed by atoms with van der Waals surface area (Å²) in [6.07, 6.45) is 2.48. The number of rotatable bonds is 13. The summed E-state index contributed by atoms with van der Waals surface area (Å²) in [5.74, 6) is 0. The van der Waals surface area contributed by atoms with Gasteiger partial charge < -0.3 is 10.1 Å². The Bertz CT molecular complexity index is 321. The van der Waals surface area contributed by atoms with Gasteiger partial charge in [0, 0.05) is 39.4 Å². The Hall–Kier alpha value is -0.210. The molecule has 0 heterocycles. The molecule has 0 aliphatic carbocycles. The highest BCUT2D eigenvalue weighted by atomic mass is 32.2. The maximum Gasteiger partial charge on any atom is 0.279 e. The summed E-state index contributed by atoms with van der Waals surface area (Å²) in [5.41, 5.74) is 0. The summed E-state index contributed by atoms with van der Waals surface area (Å²) < 4.78 is 33.1. The molecule has 0 amide bonds. The lowest BCUT2D eigenvalue weighted by Gasteiger charge is -2.18. The smallest absolute Gasteiger partial charge is 0.279 e. The average Bonchev–Trinajstić information content (AvgIpc) is 2.38. The van der Waals surface area contributed by atoms with E-state index in [2.05, 4.69) is 23.9 Å². The minimum Gasteiger partial charge on any atom is -0.381 e. The average molecular weight is 309 g/mol. The number of nitrogens with one attached hydrogen (secondary N) is 2. The van der Waals surface area contributed by atoms with Gasteiger partial charge in [-0.3, -0.25) is 0 Å². The molecule has 2 N–H and O–H groups in total. The summed E-state index contributed by atoms with van der Waals surface area (Å²) in [6.45, 7) is 9.27. The monoisotopic (exact) mass is 309 g/mol. The molecule has 0 aromatic rings. The predicted octanol–water partition coefficient (Wildman–Crippen LogP) is 0.957. The number of nitrogens with zero attached hydrogens (tertiary/aromatic N) is 1. The standard InChI is InChI=1S/C13H31N3O3S/c1-5-11-19-12-7-9-15-20(17,18)16(4)10-6-8-14-13(2)3/h13-15H,5-12H2,1-4H3. The van der Waals surface area contributed by atoms with Crippen LogP contribution in [0.3, 0.4) is 0 Å². The molecule has 0 aliphatic heterocycles. The Morgan fingerprint density at radius 3 is 2.45 bits per heavy atom. The van der Waals surface area contributed by atoms with Gasteiger partial charge in [-0.1, -0.05) is 20.8 Å². The van der Waals surface area contributed by atoms with Crippen molar-refractivity contribution in [1.82, 2.24) is 14.3 Å². The first kappa shape index (κ1) is 19.8. The van der Waals surface area contributed by atoms with Crippen LogP contribution >= 0.6 is 0 Å². The maximum atomic E-state index is 11.9. The molecule has 6 nitrogen and oxygen atoms in total. The highest BCUT2D eigenvalue weighted by Gasteiger charge is 2.15. The molecule has 0 aromatic heterocycles. The second-order valence-electron chi connectivity index (χ2n) is 5.15. The summed E-state index contributed by atoms with van der Waals surface area (Å²) in [6, 6.07) is 0.429. The molecule has 0 fully saturated rings. The van der Waals surface area contributed by atoms with Gasteiger partial charge in [0.1, 0.15) is 0 Å². The van der Waals surface area contributed by atoms with Crippen molar-refractivity contribution >= 4 is 10.2 Å². The van der Waals surface area contributed by atoms with Crippen LogP contribution in [0.25, 0.3) is 0 Å². The van der Waals surface area contributed by atoms with Gasteiger partial charge in [-0.2, -0.15) is 12.7 Å². The first-order valence-electron chi connectivity index (χ1n) is 7.42. The van der Waals surface area contributed by atoms with Crippen LogP contribution in [-0.2, 0) is 14.9 Å². The van der Waals surface area contributed by atoms with Crippen molar-refractivity contribution in [3.05, 3.63) is 0 Å². The first-order valence-corrected chi connectivity index (χ1v) is 8.86. The van der Waals surface area contributed by atoms with Gasteiger partial charge >= 0.3 is 0 Å². The number of hydrogen-bond donors (Lipinski definition) is 2. The zero-order chi connectivity index (χ0) is 15.4. The van der Waals surface area contributed by atoms with E-state index in [0.29, 0.717) is 32.2 Å². The zero-order valence-electron chi connectivity index (χ0n) is 13.3. The molecule has 0 saturated carbocycles. The van der Waals surface area contributed by atoms with Gasteiger partial charge in [0.15, 0.2) is 0 Å². The maximum absolute atomic E-state index is 11.9. The SMILES string of the molecule is CCCOCCCNS(=O)(=O)N(C)CCCNC(C)C. The minimum atomic E-state index is -3.35. The lowest BCUT2D eigenvalue weighted by Crippen LogP contribution is -2.40. The quantitative estimate of drug-likeness (QED) is 0.497. The molecular weight excluding hydrogens is 278 g/mol. The molecule has 0 rings (SSSR count). The van der Waals surface area contributed by atoms with Gasteiger partial charge in [0.05, 0.1) is 0 Å². The Morgan fingerprint density at radius 1 is 1.15 bits per heavy atom. The Balaban J connectivity index is 3.74. The first-order chi connectivity index (χ1) is 9.40. The van der Waals surface area contributed by atoms with E-state index < -0.39 is 10.2 Å². The van der Waals surface area contributed by atoms with Crippen LogP contribution in [0.2, 0.25) is 0 Å². The molecule has 20 heavy (non-hydrogen) atoms. The highest BCUT2D eigenvalue weighted by molar-refractivity contribution is 7.87. The fraction of sp³-hybridized carbons (Fsp3) is 1.00. The summed E-state index contributed by atoms with van der Waals surface area (Å²) in [7, 11) is -1.75. The fourth-order valence-corrected chi connectivity index (χ4v) is 2.54. The van der Waals surface area contributed by atoms with E-state index in [1.807, 2.05) is 6.92 Å². The van der Waals surface area contributed by atoms with Crippen LogP contribution in [-0.4, -0.2) is 58.7 Å². The molecule has 0 spiro atoms. The number of hydrogen-bond acceptors (Lipinski definition) is 4. The zero-order valence-corrected chi connectivity index (χ0v) is 14.1. The van der Waals surface area contributed by atoms with Crippen LogP contribution in [0.1, 0.15) is 40.0 Å². The van der Waals surface area contributed by atoms with E-state index in [1.165, 1.54) is 4.31 Å². The van der Waals surface area contributed by atoms with Gasteiger partial charge in [-0.25, -0.2) is 4.72 Å². The highest BCUT2D eigenvalue weighted by Crippen LogP contribution is 1.96. The van der Waals surface area contributed by atoms with E-state index in [9.17, 15) is 8.42 Å². The van der Waals surface area contributed by atoms with Gasteiger partial charge in [0.25, 0.3) is 10.2 Å². The van der Waals surface area contributed by atoms with E-state index in [0.717, 1.165) is 26.0 Å². The third-order valence-corrected chi connectivity index (χ3v) is 4.28. The second kappa shape index (κ2) is 11.4. The van der Waals surface area contributed by atoms with Crippen molar-refractivity contribution in [3.63, 3.8) is 0 Å². The summed E-state index contributed by atoms with van der Waals surface area (Å²) in [5, 5.41) is 3.27. The summed E-state index contributed by atoms with van der Waals surface area (Å²) in [4.78, 5) is 0. The molecule has 0 atom stereocenters. The third-order valence-electron chi connectivity index (χ3n) is 2.71. The molecule has 0 aromatic carbocycles. The van der Waals surface area contributed by atoms with Crippen LogP contribution in [0.5, 0.6) is 0 Å². The van der Waals surface area contributed by atoms with Gasteiger partial charge in [0.2, 0.25) is 0 Å². The molecule has 0 radical (unpaired) electrons. The number of ether oxygens (including phenoxy) is 1.